The van der Waals surface area contributed by atoms with Crippen LogP contribution in [-0.4, -0.2) is 19.9 Å². The summed E-state index contributed by atoms with van der Waals surface area (Å²) in [7, 11) is 0. The zero-order valence-electron chi connectivity index (χ0n) is 27.0. The van der Waals surface area contributed by atoms with E-state index in [0.29, 0.717) is 0 Å². The zero-order chi connectivity index (χ0) is 32.3. The second-order valence-electron chi connectivity index (χ2n) is 11.8. The average Bonchev–Trinajstić information content (AvgIpc) is 3.10. The van der Waals surface area contributed by atoms with Gasteiger partial charge in [-0.3, -0.25) is 19.9 Å². The third-order valence-electron chi connectivity index (χ3n) is 8.53. The molecule has 7 aromatic rings. The Morgan fingerprint density at radius 3 is 1.19 bits per heavy atom. The lowest BCUT2D eigenvalue weighted by atomic mass is 9.91. The van der Waals surface area contributed by atoms with Gasteiger partial charge in [0.05, 0.1) is 22.8 Å². The number of hydrogen-bond acceptors (Lipinski definition) is 5. The molecule has 47 heavy (non-hydrogen) atoms. The minimum Gasteiger partial charge on any atom is -0.310 e. The van der Waals surface area contributed by atoms with E-state index in [1.807, 2.05) is 73.3 Å². The molecule has 5 heteroatoms. The maximum Gasteiger partial charge on any atom is 0.0964 e. The van der Waals surface area contributed by atoms with Crippen molar-refractivity contribution >= 4 is 17.1 Å². The van der Waals surface area contributed by atoms with Crippen molar-refractivity contribution in [2.75, 3.05) is 4.90 Å². The van der Waals surface area contributed by atoms with E-state index in [-0.39, 0.29) is 0 Å². The standard InChI is InChI=1S/C42H35N5/c1-28-24-33(25-29(2)39(28)35-16-12-22-45-41(35)37-18-8-10-20-43-37)47(32-14-6-5-7-15-32)34-26-30(3)40(31(4)27-34)36-17-13-23-46-42(36)38-19-9-11-21-44-38/h5-27H,1-4H3. The molecular weight excluding hydrogens is 574 g/mol. The highest BCUT2D eigenvalue weighted by Crippen LogP contribution is 2.43. The number of pyridine rings is 4. The van der Waals surface area contributed by atoms with Crippen molar-refractivity contribution in [2.45, 2.75) is 27.7 Å². The smallest absolute Gasteiger partial charge is 0.0964 e. The second-order valence-corrected chi connectivity index (χ2v) is 11.8. The monoisotopic (exact) mass is 609 g/mol. The second kappa shape index (κ2) is 12.8. The normalized spacial score (nSPS) is 11.0. The molecule has 0 saturated carbocycles. The fraction of sp³-hybridized carbons (Fsp3) is 0.0952. The van der Waals surface area contributed by atoms with Gasteiger partial charge in [0.1, 0.15) is 0 Å². The molecule has 0 aliphatic rings. The van der Waals surface area contributed by atoms with Crippen molar-refractivity contribution in [1.82, 2.24) is 19.9 Å². The summed E-state index contributed by atoms with van der Waals surface area (Å²) < 4.78 is 0. The van der Waals surface area contributed by atoms with E-state index >= 15 is 0 Å². The van der Waals surface area contributed by atoms with Crippen LogP contribution in [0, 0.1) is 27.7 Å². The molecule has 4 aromatic heterocycles. The third kappa shape index (κ3) is 5.80. The lowest BCUT2D eigenvalue weighted by Crippen LogP contribution is -2.12. The van der Waals surface area contributed by atoms with Gasteiger partial charge in [-0.15, -0.1) is 0 Å². The van der Waals surface area contributed by atoms with Crippen LogP contribution in [0.2, 0.25) is 0 Å². The van der Waals surface area contributed by atoms with E-state index < -0.39 is 0 Å². The molecule has 0 unspecified atom stereocenters. The van der Waals surface area contributed by atoms with E-state index in [4.69, 9.17) is 9.97 Å². The summed E-state index contributed by atoms with van der Waals surface area (Å²) in [4.78, 5) is 21.1. The lowest BCUT2D eigenvalue weighted by molar-refractivity contribution is 1.22. The summed E-state index contributed by atoms with van der Waals surface area (Å²) >= 11 is 0. The first-order valence-electron chi connectivity index (χ1n) is 15.8. The highest BCUT2D eigenvalue weighted by Gasteiger charge is 2.21. The van der Waals surface area contributed by atoms with Gasteiger partial charge in [-0.1, -0.05) is 42.5 Å². The number of nitrogens with zero attached hydrogens (tertiary/aromatic N) is 5. The molecule has 7 rings (SSSR count). The molecule has 0 spiro atoms. The summed E-state index contributed by atoms with van der Waals surface area (Å²) in [5.41, 5.74) is 16.0. The van der Waals surface area contributed by atoms with Gasteiger partial charge in [0.15, 0.2) is 0 Å². The Balaban J connectivity index is 1.36. The Bertz CT molecular complexity index is 1990. The van der Waals surface area contributed by atoms with Gasteiger partial charge in [-0.05, 0) is 134 Å². The Labute approximate surface area is 276 Å². The topological polar surface area (TPSA) is 54.8 Å². The van der Waals surface area contributed by atoms with Crippen LogP contribution in [0.4, 0.5) is 17.1 Å². The van der Waals surface area contributed by atoms with Crippen LogP contribution in [0.15, 0.2) is 140 Å². The molecule has 0 atom stereocenters. The van der Waals surface area contributed by atoms with Crippen molar-refractivity contribution < 1.29 is 0 Å². The summed E-state index contributed by atoms with van der Waals surface area (Å²) in [6, 6.07) is 39.9. The zero-order valence-corrected chi connectivity index (χ0v) is 27.0. The van der Waals surface area contributed by atoms with Gasteiger partial charge in [0, 0.05) is 53.0 Å². The summed E-state index contributed by atoms with van der Waals surface area (Å²) in [5.74, 6) is 0. The van der Waals surface area contributed by atoms with Gasteiger partial charge in [0.25, 0.3) is 0 Å². The average molecular weight is 610 g/mol. The Kier molecular flexibility index (Phi) is 8.11. The first kappa shape index (κ1) is 29.8. The highest BCUT2D eigenvalue weighted by atomic mass is 15.1. The van der Waals surface area contributed by atoms with E-state index in [1.165, 1.54) is 33.4 Å². The maximum absolute atomic E-state index is 4.76. The highest BCUT2D eigenvalue weighted by molar-refractivity contribution is 5.88. The van der Waals surface area contributed by atoms with E-state index in [2.05, 4.69) is 109 Å². The molecule has 0 radical (unpaired) electrons. The van der Waals surface area contributed by atoms with Crippen LogP contribution in [0.1, 0.15) is 22.3 Å². The summed E-state index contributed by atoms with van der Waals surface area (Å²) in [6.07, 6.45) is 7.31. The molecule has 0 aliphatic heterocycles. The molecular formula is C42H35N5. The summed E-state index contributed by atoms with van der Waals surface area (Å²) in [5, 5.41) is 0. The van der Waals surface area contributed by atoms with Gasteiger partial charge in [-0.2, -0.15) is 0 Å². The predicted molar refractivity (Wildman–Crippen MR) is 193 cm³/mol. The van der Waals surface area contributed by atoms with E-state index in [1.54, 1.807) is 0 Å². The minimum absolute atomic E-state index is 0.864. The van der Waals surface area contributed by atoms with Crippen molar-refractivity contribution in [1.29, 1.82) is 0 Å². The maximum atomic E-state index is 4.76. The number of aryl methyl sites for hydroxylation is 4. The quantitative estimate of drug-likeness (QED) is 0.180. The number of aromatic nitrogens is 4. The third-order valence-corrected chi connectivity index (χ3v) is 8.53. The van der Waals surface area contributed by atoms with Crippen LogP contribution >= 0.6 is 0 Å². The lowest BCUT2D eigenvalue weighted by Gasteiger charge is -2.29. The van der Waals surface area contributed by atoms with Gasteiger partial charge >= 0.3 is 0 Å². The molecule has 0 saturated heterocycles. The van der Waals surface area contributed by atoms with Crippen LogP contribution in [0.25, 0.3) is 45.0 Å². The van der Waals surface area contributed by atoms with Crippen LogP contribution < -0.4 is 4.90 Å². The molecule has 0 fully saturated rings. The summed E-state index contributed by atoms with van der Waals surface area (Å²) in [6.45, 7) is 8.74. The predicted octanol–water partition coefficient (Wildman–Crippen LogP) is 10.6. The first-order chi connectivity index (χ1) is 23.0. The van der Waals surface area contributed by atoms with Gasteiger partial charge < -0.3 is 4.90 Å². The molecule has 0 N–H and O–H groups in total. The fourth-order valence-corrected chi connectivity index (χ4v) is 6.64. The molecule has 4 heterocycles. The number of benzene rings is 3. The number of para-hydroxylation sites is 1. The number of hydrogen-bond donors (Lipinski definition) is 0. The minimum atomic E-state index is 0.864. The fourth-order valence-electron chi connectivity index (χ4n) is 6.64. The molecule has 0 bridgehead atoms. The largest absolute Gasteiger partial charge is 0.310 e. The van der Waals surface area contributed by atoms with Crippen LogP contribution in [0.5, 0.6) is 0 Å². The van der Waals surface area contributed by atoms with Gasteiger partial charge in [-0.25, -0.2) is 0 Å². The van der Waals surface area contributed by atoms with Crippen molar-refractivity contribution in [2.24, 2.45) is 0 Å². The van der Waals surface area contributed by atoms with E-state index in [0.717, 1.165) is 51.0 Å². The van der Waals surface area contributed by atoms with Gasteiger partial charge in [0.2, 0.25) is 0 Å². The van der Waals surface area contributed by atoms with Crippen LogP contribution in [-0.2, 0) is 0 Å². The SMILES string of the molecule is Cc1cc(N(c2ccccc2)c2cc(C)c(-c3cccnc3-c3ccccn3)c(C)c2)cc(C)c1-c1cccnc1-c1ccccn1. The number of anilines is 3. The Hall–Kier alpha value is -5.94. The Morgan fingerprint density at radius 1 is 0.383 bits per heavy atom. The van der Waals surface area contributed by atoms with Crippen molar-refractivity contribution in [3.63, 3.8) is 0 Å². The first-order valence-corrected chi connectivity index (χ1v) is 15.8. The van der Waals surface area contributed by atoms with Crippen molar-refractivity contribution in [3.05, 3.63) is 162 Å². The molecule has 5 nitrogen and oxygen atoms in total. The van der Waals surface area contributed by atoms with Crippen LogP contribution in [0.3, 0.4) is 0 Å². The molecule has 0 amide bonds. The molecule has 3 aromatic carbocycles. The molecule has 228 valence electrons. The Morgan fingerprint density at radius 2 is 0.787 bits per heavy atom. The van der Waals surface area contributed by atoms with Crippen molar-refractivity contribution in [3.8, 4) is 45.0 Å². The van der Waals surface area contributed by atoms with E-state index in [9.17, 15) is 0 Å². The molecule has 0 aliphatic carbocycles. The number of rotatable bonds is 7.